The SMILES string of the molecule is COCC(C)n1c(CCCC(=O)N2CCCC2)nc2cccnc21. The van der Waals surface area contributed by atoms with Crippen LogP contribution in [0.1, 0.15) is 44.5 Å². The van der Waals surface area contributed by atoms with Gasteiger partial charge in [0.25, 0.3) is 0 Å². The average Bonchev–Trinajstić information content (AvgIpc) is 3.22. The summed E-state index contributed by atoms with van der Waals surface area (Å²) in [7, 11) is 1.71. The number of likely N-dealkylation sites (tertiary alicyclic amines) is 1. The van der Waals surface area contributed by atoms with Crippen LogP contribution in [0.5, 0.6) is 0 Å². The molecule has 1 saturated heterocycles. The number of hydrogen-bond donors (Lipinski definition) is 0. The number of nitrogens with zero attached hydrogens (tertiary/aromatic N) is 4. The largest absolute Gasteiger partial charge is 0.383 e. The van der Waals surface area contributed by atoms with Crippen LogP contribution in [0.25, 0.3) is 11.2 Å². The quantitative estimate of drug-likeness (QED) is 0.783. The number of methoxy groups -OCH3 is 1. The molecule has 0 bridgehead atoms. The van der Waals surface area contributed by atoms with Crippen LogP contribution in [0.4, 0.5) is 0 Å². The van der Waals surface area contributed by atoms with Crippen molar-refractivity contribution in [3.8, 4) is 0 Å². The molecule has 1 aliphatic heterocycles. The Bertz CT molecular complexity index is 691. The van der Waals surface area contributed by atoms with Gasteiger partial charge >= 0.3 is 0 Å². The van der Waals surface area contributed by atoms with Gasteiger partial charge in [-0.25, -0.2) is 9.97 Å². The maximum absolute atomic E-state index is 12.2. The number of ether oxygens (including phenoxy) is 1. The lowest BCUT2D eigenvalue weighted by molar-refractivity contribution is -0.130. The van der Waals surface area contributed by atoms with Crippen LogP contribution in [-0.4, -0.2) is 52.1 Å². The molecule has 6 heteroatoms. The molecule has 0 N–H and O–H groups in total. The van der Waals surface area contributed by atoms with E-state index in [2.05, 4.69) is 16.5 Å². The normalized spacial score (nSPS) is 16.0. The van der Waals surface area contributed by atoms with E-state index in [-0.39, 0.29) is 11.9 Å². The summed E-state index contributed by atoms with van der Waals surface area (Å²) in [6, 6.07) is 4.05. The van der Waals surface area contributed by atoms with E-state index in [0.717, 1.165) is 55.8 Å². The molecule has 0 aromatic carbocycles. The van der Waals surface area contributed by atoms with E-state index >= 15 is 0 Å². The minimum atomic E-state index is 0.166. The number of hydrogen-bond acceptors (Lipinski definition) is 4. The second kappa shape index (κ2) is 7.75. The summed E-state index contributed by atoms with van der Waals surface area (Å²) in [6.07, 6.45) is 6.27. The van der Waals surface area contributed by atoms with E-state index in [1.807, 2.05) is 17.0 Å². The first kappa shape index (κ1) is 16.9. The van der Waals surface area contributed by atoms with Gasteiger partial charge in [0, 0.05) is 39.2 Å². The van der Waals surface area contributed by atoms with Gasteiger partial charge in [0.1, 0.15) is 11.3 Å². The summed E-state index contributed by atoms with van der Waals surface area (Å²) in [5, 5.41) is 0. The second-order valence-electron chi connectivity index (χ2n) is 6.49. The van der Waals surface area contributed by atoms with E-state index in [0.29, 0.717) is 13.0 Å². The number of aromatic nitrogens is 3. The summed E-state index contributed by atoms with van der Waals surface area (Å²) in [4.78, 5) is 23.4. The van der Waals surface area contributed by atoms with Gasteiger partial charge in [-0.2, -0.15) is 0 Å². The van der Waals surface area contributed by atoms with Gasteiger partial charge in [-0.05, 0) is 38.3 Å². The lowest BCUT2D eigenvalue weighted by Gasteiger charge is -2.17. The third-order valence-electron chi connectivity index (χ3n) is 4.62. The standard InChI is InChI=1S/C18H26N4O2/c1-14(13-24-2)22-16(20-15-7-6-10-19-18(15)22)8-5-9-17(23)21-11-3-4-12-21/h6-7,10,14H,3-5,8-9,11-13H2,1-2H3. The first-order valence-corrected chi connectivity index (χ1v) is 8.79. The van der Waals surface area contributed by atoms with Crippen molar-refractivity contribution < 1.29 is 9.53 Å². The third kappa shape index (κ3) is 3.59. The topological polar surface area (TPSA) is 60.2 Å². The molecule has 1 aliphatic rings. The summed E-state index contributed by atoms with van der Waals surface area (Å²) >= 11 is 0. The molecule has 3 rings (SSSR count). The van der Waals surface area contributed by atoms with Crippen LogP contribution in [0.15, 0.2) is 18.3 Å². The molecule has 130 valence electrons. The van der Waals surface area contributed by atoms with E-state index in [9.17, 15) is 4.79 Å². The van der Waals surface area contributed by atoms with Gasteiger partial charge in [-0.15, -0.1) is 0 Å². The van der Waals surface area contributed by atoms with Crippen molar-refractivity contribution in [1.82, 2.24) is 19.4 Å². The highest BCUT2D eigenvalue weighted by atomic mass is 16.5. The van der Waals surface area contributed by atoms with E-state index < -0.39 is 0 Å². The van der Waals surface area contributed by atoms with Gasteiger partial charge in [0.05, 0.1) is 12.6 Å². The molecule has 1 atom stereocenters. The fourth-order valence-corrected chi connectivity index (χ4v) is 3.45. The highest BCUT2D eigenvalue weighted by molar-refractivity contribution is 5.76. The zero-order valence-corrected chi connectivity index (χ0v) is 14.6. The number of aryl methyl sites for hydroxylation is 1. The second-order valence-corrected chi connectivity index (χ2v) is 6.49. The number of carbonyl (C=O) groups excluding carboxylic acids is 1. The molecule has 2 aromatic rings. The van der Waals surface area contributed by atoms with E-state index in [1.54, 1.807) is 13.3 Å². The van der Waals surface area contributed by atoms with Crippen LogP contribution in [0, 0.1) is 0 Å². The van der Waals surface area contributed by atoms with Gasteiger partial charge in [0.2, 0.25) is 5.91 Å². The Morgan fingerprint density at radius 2 is 2.17 bits per heavy atom. The Balaban J connectivity index is 1.71. The van der Waals surface area contributed by atoms with Crippen molar-refractivity contribution in [3.63, 3.8) is 0 Å². The van der Waals surface area contributed by atoms with Gasteiger partial charge in [-0.1, -0.05) is 0 Å². The molecule has 1 amide bonds. The number of carbonyl (C=O) groups is 1. The van der Waals surface area contributed by atoms with Crippen molar-refractivity contribution in [2.75, 3.05) is 26.8 Å². The molecule has 0 aliphatic carbocycles. The van der Waals surface area contributed by atoms with Gasteiger partial charge in [0.15, 0.2) is 5.65 Å². The molecule has 2 aromatic heterocycles. The van der Waals surface area contributed by atoms with Crippen molar-refractivity contribution in [3.05, 3.63) is 24.2 Å². The van der Waals surface area contributed by atoms with Crippen LogP contribution in [0.3, 0.4) is 0 Å². The molecule has 24 heavy (non-hydrogen) atoms. The van der Waals surface area contributed by atoms with Gasteiger partial charge in [-0.3, -0.25) is 4.79 Å². The fourth-order valence-electron chi connectivity index (χ4n) is 3.45. The van der Waals surface area contributed by atoms with E-state index in [1.165, 1.54) is 0 Å². The molecule has 1 fully saturated rings. The molecule has 1 unspecified atom stereocenters. The molecule has 0 radical (unpaired) electrons. The maximum atomic E-state index is 12.2. The average molecular weight is 330 g/mol. The van der Waals surface area contributed by atoms with Crippen LogP contribution >= 0.6 is 0 Å². The number of fused-ring (bicyclic) bond motifs is 1. The van der Waals surface area contributed by atoms with Crippen molar-refractivity contribution in [2.45, 2.75) is 45.1 Å². The Labute approximate surface area is 142 Å². The first-order valence-electron chi connectivity index (χ1n) is 8.79. The summed E-state index contributed by atoms with van der Waals surface area (Å²) in [6.45, 7) is 4.57. The monoisotopic (exact) mass is 330 g/mol. The molecular formula is C18H26N4O2. The highest BCUT2D eigenvalue weighted by Crippen LogP contribution is 2.21. The highest BCUT2D eigenvalue weighted by Gasteiger charge is 2.19. The minimum absolute atomic E-state index is 0.166. The lowest BCUT2D eigenvalue weighted by Crippen LogP contribution is -2.27. The number of imidazole rings is 1. The first-order chi connectivity index (χ1) is 11.7. The Morgan fingerprint density at radius 3 is 2.92 bits per heavy atom. The zero-order valence-electron chi connectivity index (χ0n) is 14.6. The fraction of sp³-hybridized carbons (Fsp3) is 0.611. The third-order valence-corrected chi connectivity index (χ3v) is 4.62. The minimum Gasteiger partial charge on any atom is -0.383 e. The van der Waals surface area contributed by atoms with Crippen LogP contribution in [0.2, 0.25) is 0 Å². The summed E-state index contributed by atoms with van der Waals surface area (Å²) in [5.74, 6) is 1.26. The number of rotatable bonds is 7. The smallest absolute Gasteiger partial charge is 0.222 e. The Kier molecular flexibility index (Phi) is 5.45. The predicted molar refractivity (Wildman–Crippen MR) is 92.9 cm³/mol. The van der Waals surface area contributed by atoms with Crippen molar-refractivity contribution in [2.24, 2.45) is 0 Å². The predicted octanol–water partition coefficient (Wildman–Crippen LogP) is 2.58. The Morgan fingerprint density at radius 1 is 1.38 bits per heavy atom. The van der Waals surface area contributed by atoms with E-state index in [4.69, 9.17) is 9.72 Å². The Hall–Kier alpha value is -1.95. The van der Waals surface area contributed by atoms with Gasteiger partial charge < -0.3 is 14.2 Å². The lowest BCUT2D eigenvalue weighted by atomic mass is 10.2. The molecular weight excluding hydrogens is 304 g/mol. The van der Waals surface area contributed by atoms with Crippen LogP contribution < -0.4 is 0 Å². The van der Waals surface area contributed by atoms with Crippen molar-refractivity contribution in [1.29, 1.82) is 0 Å². The molecule has 6 nitrogen and oxygen atoms in total. The van der Waals surface area contributed by atoms with Crippen LogP contribution in [-0.2, 0) is 16.0 Å². The number of amides is 1. The summed E-state index contributed by atoms with van der Waals surface area (Å²) < 4.78 is 7.46. The summed E-state index contributed by atoms with van der Waals surface area (Å²) in [5.41, 5.74) is 1.80. The molecule has 0 spiro atoms. The maximum Gasteiger partial charge on any atom is 0.222 e. The zero-order chi connectivity index (χ0) is 16.9. The molecule has 3 heterocycles. The number of pyridine rings is 1. The van der Waals surface area contributed by atoms with Crippen molar-refractivity contribution >= 4 is 17.1 Å². The molecule has 0 saturated carbocycles.